The second-order valence-electron chi connectivity index (χ2n) is 12.8. The number of para-hydroxylation sites is 1. The Morgan fingerprint density at radius 1 is 1.00 bits per heavy atom. The van der Waals surface area contributed by atoms with Crippen molar-refractivity contribution in [2.75, 3.05) is 11.4 Å². The number of anilines is 1. The Bertz CT molecular complexity index is 1990. The standard InChI is InChI=1S/C37H34F4N6O3/c1-6-46-34-30(28(45-47(34)26-13-8-7-9-14-26)21-43-33(49)27(42-5)20-36(2,3)4)29(22-15-17-25(38)18-16-22)31(35(46)50)44-32(48)23-11-10-12-24(19-23)37(39,40)41/h7-20,29,31H,6,21H2,1-4H3,(H,43,49)(H,44,48)/b27-20-/t29-,31-/m0/s1. The third-order valence-electron chi connectivity index (χ3n) is 8.03. The Kier molecular flexibility index (Phi) is 9.94. The minimum Gasteiger partial charge on any atom is -0.356 e. The first-order valence-corrected chi connectivity index (χ1v) is 15.7. The summed E-state index contributed by atoms with van der Waals surface area (Å²) in [7, 11) is 0. The normalized spacial score (nSPS) is 16.4. The molecule has 4 aromatic rings. The molecule has 258 valence electrons. The molecule has 9 nitrogen and oxygen atoms in total. The topological polar surface area (TPSA) is 101 Å². The summed E-state index contributed by atoms with van der Waals surface area (Å²) in [6.45, 7) is 14.7. The van der Waals surface area contributed by atoms with E-state index in [-0.39, 0.29) is 30.0 Å². The van der Waals surface area contributed by atoms with Crippen LogP contribution in [0.3, 0.4) is 0 Å². The number of alkyl halides is 3. The molecular formula is C37H34F4N6O3. The Morgan fingerprint density at radius 2 is 1.68 bits per heavy atom. The average Bonchev–Trinajstić information content (AvgIpc) is 3.45. The van der Waals surface area contributed by atoms with Gasteiger partial charge in [-0.3, -0.25) is 19.3 Å². The summed E-state index contributed by atoms with van der Waals surface area (Å²) in [5.41, 5.74) is -0.256. The van der Waals surface area contributed by atoms with E-state index in [2.05, 4.69) is 15.5 Å². The molecule has 0 radical (unpaired) electrons. The van der Waals surface area contributed by atoms with Gasteiger partial charge in [0.05, 0.1) is 30.1 Å². The van der Waals surface area contributed by atoms with Crippen LogP contribution in [0.1, 0.15) is 66.4 Å². The number of carbonyl (C=O) groups is 3. The van der Waals surface area contributed by atoms with E-state index in [1.807, 2.05) is 20.8 Å². The fourth-order valence-electron chi connectivity index (χ4n) is 5.86. The van der Waals surface area contributed by atoms with Gasteiger partial charge in [0, 0.05) is 23.6 Å². The molecular weight excluding hydrogens is 652 g/mol. The lowest BCUT2D eigenvalue weighted by Crippen LogP contribution is -2.55. The Balaban J connectivity index is 1.68. The summed E-state index contributed by atoms with van der Waals surface area (Å²) >= 11 is 0. The number of rotatable bonds is 8. The van der Waals surface area contributed by atoms with E-state index in [9.17, 15) is 31.9 Å². The van der Waals surface area contributed by atoms with Gasteiger partial charge in [-0.25, -0.2) is 13.9 Å². The van der Waals surface area contributed by atoms with Crippen molar-refractivity contribution in [1.82, 2.24) is 20.4 Å². The van der Waals surface area contributed by atoms with Crippen molar-refractivity contribution in [3.8, 4) is 5.69 Å². The maximum atomic E-state index is 14.4. The first-order chi connectivity index (χ1) is 23.6. The Hall–Kier alpha value is -5.77. The van der Waals surface area contributed by atoms with Gasteiger partial charge in [0.25, 0.3) is 11.8 Å². The molecule has 2 atom stereocenters. The van der Waals surface area contributed by atoms with E-state index < -0.39 is 52.7 Å². The molecule has 3 amide bonds. The number of benzene rings is 3. The molecule has 50 heavy (non-hydrogen) atoms. The van der Waals surface area contributed by atoms with Crippen molar-refractivity contribution in [1.29, 1.82) is 0 Å². The molecule has 1 aliphatic heterocycles. The molecule has 0 unspecified atom stereocenters. The number of amides is 3. The van der Waals surface area contributed by atoms with Crippen LogP contribution in [0.15, 0.2) is 90.6 Å². The average molecular weight is 687 g/mol. The fraction of sp³-hybridized carbons (Fsp3) is 0.270. The Labute approximate surface area is 286 Å². The summed E-state index contributed by atoms with van der Waals surface area (Å²) in [6, 6.07) is 16.7. The molecule has 0 fully saturated rings. The first-order valence-electron chi connectivity index (χ1n) is 15.7. The highest BCUT2D eigenvalue weighted by atomic mass is 19.4. The zero-order valence-corrected chi connectivity index (χ0v) is 27.7. The van der Waals surface area contributed by atoms with Crippen LogP contribution in [0, 0.1) is 17.8 Å². The summed E-state index contributed by atoms with van der Waals surface area (Å²) < 4.78 is 56.3. The molecule has 1 aliphatic rings. The number of fused-ring (bicyclic) bond motifs is 1. The molecule has 0 spiro atoms. The highest BCUT2D eigenvalue weighted by molar-refractivity contribution is 6.05. The van der Waals surface area contributed by atoms with Crippen molar-refractivity contribution in [2.45, 2.75) is 52.4 Å². The quantitative estimate of drug-likeness (QED) is 0.121. The van der Waals surface area contributed by atoms with E-state index in [1.54, 1.807) is 48.0 Å². The number of halogens is 4. The van der Waals surface area contributed by atoms with Crippen LogP contribution in [0.5, 0.6) is 0 Å². The molecule has 1 aromatic heterocycles. The van der Waals surface area contributed by atoms with E-state index >= 15 is 0 Å². The van der Waals surface area contributed by atoms with Crippen molar-refractivity contribution in [3.05, 3.63) is 136 Å². The van der Waals surface area contributed by atoms with Crippen LogP contribution in [-0.4, -0.2) is 40.1 Å². The second kappa shape index (κ2) is 14.0. The number of likely N-dealkylation sites (N-methyl/N-ethyl adjacent to an activating group) is 1. The van der Waals surface area contributed by atoms with Gasteiger partial charge in [-0.05, 0) is 60.4 Å². The lowest BCUT2D eigenvalue weighted by molar-refractivity contribution is -0.137. The van der Waals surface area contributed by atoms with E-state index in [1.165, 1.54) is 35.2 Å². The van der Waals surface area contributed by atoms with E-state index in [0.717, 1.165) is 12.1 Å². The third kappa shape index (κ3) is 7.44. The van der Waals surface area contributed by atoms with Gasteiger partial charge in [-0.2, -0.15) is 18.3 Å². The number of hydrogen-bond donors (Lipinski definition) is 2. The molecule has 5 rings (SSSR count). The zero-order chi connectivity index (χ0) is 36.4. The highest BCUT2D eigenvalue weighted by Gasteiger charge is 2.46. The predicted octanol–water partition coefficient (Wildman–Crippen LogP) is 6.79. The summed E-state index contributed by atoms with van der Waals surface area (Å²) in [5, 5.41) is 10.3. The predicted molar refractivity (Wildman–Crippen MR) is 179 cm³/mol. The molecule has 0 bridgehead atoms. The van der Waals surface area contributed by atoms with Crippen LogP contribution in [0.25, 0.3) is 10.5 Å². The maximum Gasteiger partial charge on any atom is 0.416 e. The van der Waals surface area contributed by atoms with Crippen molar-refractivity contribution < 1.29 is 31.9 Å². The molecule has 0 aliphatic carbocycles. The number of hydrogen-bond acceptors (Lipinski definition) is 4. The van der Waals surface area contributed by atoms with Gasteiger partial charge >= 0.3 is 6.18 Å². The highest BCUT2D eigenvalue weighted by Crippen LogP contribution is 2.44. The van der Waals surface area contributed by atoms with Gasteiger partial charge in [0.2, 0.25) is 11.6 Å². The van der Waals surface area contributed by atoms with Crippen LogP contribution in [-0.2, 0) is 22.3 Å². The van der Waals surface area contributed by atoms with Gasteiger partial charge in [-0.1, -0.05) is 63.2 Å². The van der Waals surface area contributed by atoms with Gasteiger partial charge < -0.3 is 10.6 Å². The lowest BCUT2D eigenvalue weighted by atomic mass is 9.80. The molecule has 2 N–H and O–H groups in total. The number of allylic oxidation sites excluding steroid dienone is 1. The van der Waals surface area contributed by atoms with Gasteiger partial charge in [0.1, 0.15) is 17.7 Å². The second-order valence-corrected chi connectivity index (χ2v) is 12.8. The minimum atomic E-state index is -4.71. The van der Waals surface area contributed by atoms with E-state index in [4.69, 9.17) is 11.7 Å². The number of carbonyl (C=O) groups excluding carboxylic acids is 3. The molecule has 2 heterocycles. The summed E-state index contributed by atoms with van der Waals surface area (Å²) in [5.74, 6) is -3.40. The van der Waals surface area contributed by atoms with Crippen molar-refractivity contribution in [3.63, 3.8) is 0 Å². The monoisotopic (exact) mass is 686 g/mol. The first kappa shape index (κ1) is 35.5. The largest absolute Gasteiger partial charge is 0.416 e. The number of aromatic nitrogens is 2. The fourth-order valence-corrected chi connectivity index (χ4v) is 5.86. The smallest absolute Gasteiger partial charge is 0.356 e. The van der Waals surface area contributed by atoms with E-state index in [0.29, 0.717) is 28.7 Å². The zero-order valence-electron chi connectivity index (χ0n) is 27.7. The summed E-state index contributed by atoms with van der Waals surface area (Å²) in [4.78, 5) is 46.0. The lowest BCUT2D eigenvalue weighted by Gasteiger charge is -2.38. The Morgan fingerprint density at radius 3 is 2.28 bits per heavy atom. The van der Waals surface area contributed by atoms with Crippen molar-refractivity contribution in [2.24, 2.45) is 5.41 Å². The van der Waals surface area contributed by atoms with Gasteiger partial charge in [0.15, 0.2) is 0 Å². The molecule has 0 saturated heterocycles. The van der Waals surface area contributed by atoms with Crippen LogP contribution in [0.2, 0.25) is 0 Å². The SMILES string of the molecule is [C-]#[N+]/C(=C\C(C)(C)C)C(=O)NCc1nn(-c2ccccc2)c2c1[C@H](c1ccc(F)cc1)[C@H](NC(=O)c1cccc(C(F)(F)F)c1)C(=O)N2CC. The third-order valence-corrected chi connectivity index (χ3v) is 8.03. The van der Waals surface area contributed by atoms with Crippen LogP contribution >= 0.6 is 0 Å². The molecule has 0 saturated carbocycles. The number of nitrogens with zero attached hydrogens (tertiary/aromatic N) is 4. The van der Waals surface area contributed by atoms with Crippen LogP contribution < -0.4 is 15.5 Å². The molecule has 13 heteroatoms. The van der Waals surface area contributed by atoms with Crippen molar-refractivity contribution >= 4 is 23.5 Å². The minimum absolute atomic E-state index is 0.110. The molecule has 3 aromatic carbocycles. The summed E-state index contributed by atoms with van der Waals surface area (Å²) in [6.07, 6.45) is -3.16. The van der Waals surface area contributed by atoms with Gasteiger partial charge in [-0.15, -0.1) is 0 Å². The maximum absolute atomic E-state index is 14.4. The number of nitrogens with one attached hydrogen (secondary N) is 2. The van der Waals surface area contributed by atoms with Crippen LogP contribution in [0.4, 0.5) is 23.4 Å².